The van der Waals surface area contributed by atoms with Crippen molar-refractivity contribution in [1.82, 2.24) is 15.2 Å². The summed E-state index contributed by atoms with van der Waals surface area (Å²) in [5.74, 6) is 1.54. The summed E-state index contributed by atoms with van der Waals surface area (Å²) in [6.45, 7) is 9.54. The first-order valence-electron chi connectivity index (χ1n) is 9.91. The van der Waals surface area contributed by atoms with Gasteiger partial charge < -0.3 is 15.2 Å². The summed E-state index contributed by atoms with van der Waals surface area (Å²) >= 11 is 0. The van der Waals surface area contributed by atoms with E-state index in [9.17, 15) is 4.79 Å². The van der Waals surface area contributed by atoms with E-state index in [0.717, 1.165) is 30.2 Å². The van der Waals surface area contributed by atoms with Gasteiger partial charge in [-0.2, -0.15) is 0 Å². The Morgan fingerprint density at radius 2 is 1.70 bits per heavy atom. The molecule has 2 rings (SSSR count). The van der Waals surface area contributed by atoms with Gasteiger partial charge in [-0.3, -0.25) is 4.79 Å². The van der Waals surface area contributed by atoms with Crippen LogP contribution in [0.4, 0.5) is 0 Å². The van der Waals surface area contributed by atoms with Crippen LogP contribution >= 0.6 is 0 Å². The van der Waals surface area contributed by atoms with Crippen molar-refractivity contribution in [3.63, 3.8) is 0 Å². The Kier molecular flexibility index (Phi) is 8.62. The molecule has 0 saturated heterocycles. The second-order valence-corrected chi connectivity index (χ2v) is 6.74. The maximum absolute atomic E-state index is 11.8. The van der Waals surface area contributed by atoms with E-state index in [1.807, 2.05) is 12.3 Å². The molecule has 0 spiro atoms. The molecule has 1 aromatic carbocycles. The molecular weight excluding hydrogens is 336 g/mol. The first kappa shape index (κ1) is 20.7. The molecule has 5 heteroatoms. The Morgan fingerprint density at radius 3 is 2.33 bits per heavy atom. The lowest BCUT2D eigenvalue weighted by molar-refractivity contribution is 0.481. The lowest BCUT2D eigenvalue weighted by atomic mass is 10.0. The zero-order valence-corrected chi connectivity index (χ0v) is 16.7. The molecule has 1 heterocycles. The van der Waals surface area contributed by atoms with Gasteiger partial charge in [-0.25, -0.2) is 4.99 Å². The van der Waals surface area contributed by atoms with Crippen LogP contribution in [0.25, 0.3) is 0 Å². The van der Waals surface area contributed by atoms with Crippen LogP contribution < -0.4 is 16.2 Å². The average molecular weight is 369 g/mol. The van der Waals surface area contributed by atoms with Gasteiger partial charge in [0.15, 0.2) is 5.96 Å². The SMILES string of the molecule is CCNC(=NCc1ccc(Cn2ccccc2=O)cc1)NCC(CC)CC. The first-order chi connectivity index (χ1) is 13.2. The van der Waals surface area contributed by atoms with Gasteiger partial charge in [-0.1, -0.05) is 57.0 Å². The van der Waals surface area contributed by atoms with E-state index in [1.165, 1.54) is 12.8 Å². The minimum atomic E-state index is 0.0185. The minimum absolute atomic E-state index is 0.0185. The third-order valence-electron chi connectivity index (χ3n) is 4.75. The highest BCUT2D eigenvalue weighted by molar-refractivity contribution is 5.79. The van der Waals surface area contributed by atoms with Crippen molar-refractivity contribution in [3.05, 3.63) is 70.1 Å². The molecule has 146 valence electrons. The van der Waals surface area contributed by atoms with Crippen molar-refractivity contribution >= 4 is 5.96 Å². The maximum Gasteiger partial charge on any atom is 0.250 e. The van der Waals surface area contributed by atoms with Crippen molar-refractivity contribution < 1.29 is 0 Å². The number of nitrogens with zero attached hydrogens (tertiary/aromatic N) is 2. The van der Waals surface area contributed by atoms with Gasteiger partial charge in [-0.05, 0) is 30.0 Å². The molecular formula is C22H32N4O. The van der Waals surface area contributed by atoms with E-state index in [0.29, 0.717) is 19.0 Å². The molecule has 0 saturated carbocycles. The Hall–Kier alpha value is -2.56. The van der Waals surface area contributed by atoms with E-state index in [4.69, 9.17) is 4.99 Å². The quantitative estimate of drug-likeness (QED) is 0.527. The van der Waals surface area contributed by atoms with Gasteiger partial charge in [0.05, 0.1) is 13.1 Å². The smallest absolute Gasteiger partial charge is 0.250 e. The number of nitrogens with one attached hydrogen (secondary N) is 2. The monoisotopic (exact) mass is 368 g/mol. The Bertz CT molecular complexity index is 760. The van der Waals surface area contributed by atoms with E-state index >= 15 is 0 Å². The van der Waals surface area contributed by atoms with Gasteiger partial charge in [0.1, 0.15) is 0 Å². The average Bonchev–Trinajstić information content (AvgIpc) is 2.69. The van der Waals surface area contributed by atoms with Crippen LogP contribution in [0.3, 0.4) is 0 Å². The first-order valence-corrected chi connectivity index (χ1v) is 9.91. The predicted molar refractivity (Wildman–Crippen MR) is 113 cm³/mol. The van der Waals surface area contributed by atoms with E-state index in [-0.39, 0.29) is 5.56 Å². The van der Waals surface area contributed by atoms with Crippen LogP contribution in [-0.2, 0) is 13.1 Å². The minimum Gasteiger partial charge on any atom is -0.357 e. The number of guanidine groups is 1. The molecule has 0 radical (unpaired) electrons. The number of pyridine rings is 1. The maximum atomic E-state index is 11.8. The largest absolute Gasteiger partial charge is 0.357 e. The standard InChI is InChI=1S/C22H32N4O/c1-4-18(5-2)15-24-22(23-6-3)25-16-19-10-12-20(13-11-19)17-26-14-8-7-9-21(26)27/h7-14,18H,4-6,15-17H2,1-3H3,(H2,23,24,25). The topological polar surface area (TPSA) is 58.4 Å². The second-order valence-electron chi connectivity index (χ2n) is 6.74. The summed E-state index contributed by atoms with van der Waals surface area (Å²) in [6, 6.07) is 13.5. The molecule has 2 N–H and O–H groups in total. The molecule has 2 aromatic rings. The van der Waals surface area contributed by atoms with Gasteiger partial charge in [0.25, 0.3) is 5.56 Å². The highest BCUT2D eigenvalue weighted by Crippen LogP contribution is 2.08. The van der Waals surface area contributed by atoms with E-state index in [1.54, 1.807) is 16.7 Å². The predicted octanol–water partition coefficient (Wildman–Crippen LogP) is 3.39. The van der Waals surface area contributed by atoms with Gasteiger partial charge in [-0.15, -0.1) is 0 Å². The fourth-order valence-electron chi connectivity index (χ4n) is 2.87. The summed E-state index contributed by atoms with van der Waals surface area (Å²) in [5, 5.41) is 6.75. The second kappa shape index (κ2) is 11.2. The van der Waals surface area contributed by atoms with Crippen molar-refractivity contribution in [2.24, 2.45) is 10.9 Å². The molecule has 0 fully saturated rings. The lowest BCUT2D eigenvalue weighted by Gasteiger charge is -2.16. The number of benzene rings is 1. The number of hydrogen-bond donors (Lipinski definition) is 2. The van der Waals surface area contributed by atoms with E-state index in [2.05, 4.69) is 55.7 Å². The van der Waals surface area contributed by atoms with Crippen molar-refractivity contribution in [1.29, 1.82) is 0 Å². The summed E-state index contributed by atoms with van der Waals surface area (Å²) < 4.78 is 1.71. The molecule has 5 nitrogen and oxygen atoms in total. The zero-order valence-electron chi connectivity index (χ0n) is 16.7. The van der Waals surface area contributed by atoms with Gasteiger partial charge in [0.2, 0.25) is 0 Å². The lowest BCUT2D eigenvalue weighted by Crippen LogP contribution is -2.39. The highest BCUT2D eigenvalue weighted by atomic mass is 16.1. The Morgan fingerprint density at radius 1 is 1.00 bits per heavy atom. The van der Waals surface area contributed by atoms with Crippen LogP contribution in [0.1, 0.15) is 44.7 Å². The number of hydrogen-bond acceptors (Lipinski definition) is 2. The third kappa shape index (κ3) is 6.93. The molecule has 0 bridgehead atoms. The molecule has 27 heavy (non-hydrogen) atoms. The molecule has 0 aliphatic rings. The summed E-state index contributed by atoms with van der Waals surface area (Å²) in [4.78, 5) is 16.5. The van der Waals surface area contributed by atoms with E-state index < -0.39 is 0 Å². The fourth-order valence-corrected chi connectivity index (χ4v) is 2.87. The summed E-state index contributed by atoms with van der Waals surface area (Å²) in [6.07, 6.45) is 4.17. The van der Waals surface area contributed by atoms with Crippen LogP contribution in [0.5, 0.6) is 0 Å². The number of rotatable bonds is 9. The Balaban J connectivity index is 1.95. The van der Waals surface area contributed by atoms with Gasteiger partial charge >= 0.3 is 0 Å². The number of aromatic nitrogens is 1. The van der Waals surface area contributed by atoms with Crippen LogP contribution in [0.15, 0.2) is 58.4 Å². The zero-order chi connectivity index (χ0) is 19.5. The highest BCUT2D eigenvalue weighted by Gasteiger charge is 2.05. The molecule has 0 unspecified atom stereocenters. The molecule has 1 aromatic heterocycles. The van der Waals surface area contributed by atoms with Crippen LogP contribution in [0.2, 0.25) is 0 Å². The van der Waals surface area contributed by atoms with Crippen molar-refractivity contribution in [2.75, 3.05) is 13.1 Å². The Labute approximate surface area is 162 Å². The third-order valence-corrected chi connectivity index (χ3v) is 4.75. The number of aliphatic imine (C=N–C) groups is 1. The summed E-state index contributed by atoms with van der Waals surface area (Å²) in [7, 11) is 0. The molecule has 0 aliphatic heterocycles. The van der Waals surface area contributed by atoms with Crippen LogP contribution in [-0.4, -0.2) is 23.6 Å². The van der Waals surface area contributed by atoms with Crippen molar-refractivity contribution in [2.45, 2.75) is 46.7 Å². The molecule has 0 aliphatic carbocycles. The summed E-state index contributed by atoms with van der Waals surface area (Å²) in [5.41, 5.74) is 2.28. The molecule has 0 amide bonds. The van der Waals surface area contributed by atoms with Gasteiger partial charge in [0, 0.05) is 25.4 Å². The fraction of sp³-hybridized carbons (Fsp3) is 0.455. The molecule has 0 atom stereocenters. The van der Waals surface area contributed by atoms with Crippen molar-refractivity contribution in [3.8, 4) is 0 Å². The van der Waals surface area contributed by atoms with Crippen LogP contribution in [0, 0.1) is 5.92 Å². The normalized spacial score (nSPS) is 11.6.